The van der Waals surface area contributed by atoms with Crippen molar-refractivity contribution in [1.82, 2.24) is 15.0 Å². The Morgan fingerprint density at radius 2 is 2.28 bits per heavy atom. The second-order valence-corrected chi connectivity index (χ2v) is 3.69. The van der Waals surface area contributed by atoms with E-state index in [4.69, 9.17) is 9.52 Å². The molecule has 94 valence electrons. The SMILES string of the molecule is Cc1nc(CNc2ncncc2C(=O)O)oc1C. The van der Waals surface area contributed by atoms with E-state index in [1.165, 1.54) is 12.5 Å². The molecule has 0 bridgehead atoms. The van der Waals surface area contributed by atoms with Crippen LogP contribution in [-0.4, -0.2) is 26.0 Å². The van der Waals surface area contributed by atoms with Crippen molar-refractivity contribution in [2.75, 3.05) is 5.32 Å². The lowest BCUT2D eigenvalue weighted by Gasteiger charge is -2.05. The molecule has 2 heterocycles. The number of aryl methyl sites for hydroxylation is 2. The molecule has 18 heavy (non-hydrogen) atoms. The summed E-state index contributed by atoms with van der Waals surface area (Å²) in [5.74, 6) is 0.386. The van der Waals surface area contributed by atoms with Crippen molar-refractivity contribution < 1.29 is 14.3 Å². The van der Waals surface area contributed by atoms with Gasteiger partial charge in [-0.1, -0.05) is 0 Å². The van der Waals surface area contributed by atoms with Gasteiger partial charge in [0.25, 0.3) is 0 Å². The zero-order valence-corrected chi connectivity index (χ0v) is 9.97. The highest BCUT2D eigenvalue weighted by atomic mass is 16.4. The van der Waals surface area contributed by atoms with E-state index in [9.17, 15) is 4.79 Å². The van der Waals surface area contributed by atoms with E-state index in [-0.39, 0.29) is 17.9 Å². The lowest BCUT2D eigenvalue weighted by Crippen LogP contribution is -2.09. The van der Waals surface area contributed by atoms with Crippen molar-refractivity contribution in [2.45, 2.75) is 20.4 Å². The van der Waals surface area contributed by atoms with Gasteiger partial charge in [-0.05, 0) is 13.8 Å². The standard InChI is InChI=1S/C11H12N4O3/c1-6-7(2)18-9(15-6)4-13-10-8(11(16)17)3-12-5-14-10/h3,5H,4H2,1-2H3,(H,16,17)(H,12,13,14). The van der Waals surface area contributed by atoms with E-state index in [2.05, 4.69) is 20.3 Å². The molecule has 0 spiro atoms. The molecule has 0 amide bonds. The third-order valence-corrected chi connectivity index (χ3v) is 2.42. The van der Waals surface area contributed by atoms with E-state index in [1.807, 2.05) is 13.8 Å². The predicted octanol–water partition coefficient (Wildman–Crippen LogP) is 1.39. The molecule has 0 atom stereocenters. The van der Waals surface area contributed by atoms with Gasteiger partial charge in [0.05, 0.1) is 12.2 Å². The van der Waals surface area contributed by atoms with E-state index >= 15 is 0 Å². The van der Waals surface area contributed by atoms with Gasteiger partial charge in [-0.3, -0.25) is 0 Å². The highest BCUT2D eigenvalue weighted by Gasteiger charge is 2.12. The molecule has 2 aromatic heterocycles. The maximum atomic E-state index is 10.9. The van der Waals surface area contributed by atoms with Gasteiger partial charge in [0.2, 0.25) is 5.89 Å². The van der Waals surface area contributed by atoms with E-state index < -0.39 is 5.97 Å². The molecule has 0 radical (unpaired) electrons. The number of anilines is 1. The molecule has 7 heteroatoms. The van der Waals surface area contributed by atoms with Crippen LogP contribution in [-0.2, 0) is 6.54 Å². The van der Waals surface area contributed by atoms with E-state index in [0.29, 0.717) is 5.89 Å². The van der Waals surface area contributed by atoms with E-state index in [0.717, 1.165) is 11.5 Å². The molecule has 0 aliphatic carbocycles. The topological polar surface area (TPSA) is 101 Å². The minimum absolute atomic E-state index is 0.0116. The van der Waals surface area contributed by atoms with Crippen LogP contribution in [0.4, 0.5) is 5.82 Å². The first kappa shape index (κ1) is 12.0. The van der Waals surface area contributed by atoms with Crippen molar-refractivity contribution in [3.05, 3.63) is 35.4 Å². The van der Waals surface area contributed by atoms with Crippen LogP contribution in [0, 0.1) is 13.8 Å². The Kier molecular flexibility index (Phi) is 3.22. The largest absolute Gasteiger partial charge is 0.477 e. The van der Waals surface area contributed by atoms with Crippen molar-refractivity contribution >= 4 is 11.8 Å². The Balaban J connectivity index is 2.13. The number of carboxylic acids is 1. The fourth-order valence-electron chi connectivity index (χ4n) is 1.40. The second kappa shape index (κ2) is 4.82. The molecule has 0 saturated heterocycles. The highest BCUT2D eigenvalue weighted by Crippen LogP contribution is 2.13. The summed E-state index contributed by atoms with van der Waals surface area (Å²) in [4.78, 5) is 22.7. The molecule has 0 unspecified atom stereocenters. The number of carbonyl (C=O) groups is 1. The lowest BCUT2D eigenvalue weighted by molar-refractivity contribution is 0.0697. The number of carboxylic acid groups (broad SMARTS) is 1. The molecule has 0 aliphatic heterocycles. The summed E-state index contributed by atoms with van der Waals surface area (Å²) in [6.07, 6.45) is 2.52. The Labute approximate surface area is 103 Å². The quantitative estimate of drug-likeness (QED) is 0.842. The van der Waals surface area contributed by atoms with Crippen LogP contribution in [0.25, 0.3) is 0 Å². The smallest absolute Gasteiger partial charge is 0.341 e. The van der Waals surface area contributed by atoms with Crippen LogP contribution in [0.3, 0.4) is 0 Å². The van der Waals surface area contributed by atoms with Crippen molar-refractivity contribution in [2.24, 2.45) is 0 Å². The number of oxazole rings is 1. The second-order valence-electron chi connectivity index (χ2n) is 3.69. The van der Waals surface area contributed by atoms with Crippen LogP contribution < -0.4 is 5.32 Å². The van der Waals surface area contributed by atoms with Crippen LogP contribution >= 0.6 is 0 Å². The zero-order valence-electron chi connectivity index (χ0n) is 9.97. The number of rotatable bonds is 4. The zero-order chi connectivity index (χ0) is 13.1. The molecule has 0 aromatic carbocycles. The number of hydrogen-bond donors (Lipinski definition) is 2. The Morgan fingerprint density at radius 1 is 1.50 bits per heavy atom. The monoisotopic (exact) mass is 248 g/mol. The van der Waals surface area contributed by atoms with Gasteiger partial charge >= 0.3 is 5.97 Å². The Morgan fingerprint density at radius 3 is 2.89 bits per heavy atom. The van der Waals surface area contributed by atoms with Gasteiger partial charge in [0.1, 0.15) is 23.5 Å². The number of aromatic nitrogens is 3. The summed E-state index contributed by atoms with van der Waals surface area (Å²) in [5, 5.41) is 11.8. The normalized spacial score (nSPS) is 10.3. The molecule has 7 nitrogen and oxygen atoms in total. The molecule has 2 aromatic rings. The molecule has 0 fully saturated rings. The van der Waals surface area contributed by atoms with Crippen LogP contribution in [0.1, 0.15) is 27.7 Å². The molecule has 2 N–H and O–H groups in total. The van der Waals surface area contributed by atoms with Crippen molar-refractivity contribution in [1.29, 1.82) is 0 Å². The number of nitrogens with one attached hydrogen (secondary N) is 1. The minimum atomic E-state index is -1.09. The van der Waals surface area contributed by atoms with Crippen LogP contribution in [0.2, 0.25) is 0 Å². The first-order valence-corrected chi connectivity index (χ1v) is 5.28. The van der Waals surface area contributed by atoms with Gasteiger partial charge in [-0.25, -0.2) is 19.7 Å². The summed E-state index contributed by atoms with van der Waals surface area (Å²) in [6, 6.07) is 0. The third-order valence-electron chi connectivity index (χ3n) is 2.42. The minimum Gasteiger partial charge on any atom is -0.477 e. The lowest BCUT2D eigenvalue weighted by atomic mass is 10.3. The van der Waals surface area contributed by atoms with E-state index in [1.54, 1.807) is 0 Å². The van der Waals surface area contributed by atoms with Gasteiger partial charge < -0.3 is 14.8 Å². The van der Waals surface area contributed by atoms with Crippen LogP contribution in [0.15, 0.2) is 16.9 Å². The predicted molar refractivity (Wildman–Crippen MR) is 62.3 cm³/mol. The first-order chi connectivity index (χ1) is 8.58. The highest BCUT2D eigenvalue weighted by molar-refractivity contribution is 5.92. The number of hydrogen-bond acceptors (Lipinski definition) is 6. The maximum absolute atomic E-state index is 10.9. The van der Waals surface area contributed by atoms with Gasteiger partial charge in [0.15, 0.2) is 0 Å². The number of nitrogens with zero attached hydrogens (tertiary/aromatic N) is 3. The maximum Gasteiger partial charge on any atom is 0.341 e. The average molecular weight is 248 g/mol. The van der Waals surface area contributed by atoms with Gasteiger partial charge in [-0.15, -0.1) is 0 Å². The fraction of sp³-hybridized carbons (Fsp3) is 0.273. The molecule has 2 rings (SSSR count). The van der Waals surface area contributed by atoms with Crippen molar-refractivity contribution in [3.8, 4) is 0 Å². The fourth-order valence-corrected chi connectivity index (χ4v) is 1.40. The first-order valence-electron chi connectivity index (χ1n) is 5.28. The Hall–Kier alpha value is -2.44. The molecule has 0 aliphatic rings. The van der Waals surface area contributed by atoms with Gasteiger partial charge in [0, 0.05) is 6.20 Å². The number of aromatic carboxylic acids is 1. The summed E-state index contributed by atoms with van der Waals surface area (Å²) < 4.78 is 5.37. The summed E-state index contributed by atoms with van der Waals surface area (Å²) in [6.45, 7) is 3.93. The molecular formula is C11H12N4O3. The molecular weight excluding hydrogens is 236 g/mol. The molecule has 0 saturated carbocycles. The summed E-state index contributed by atoms with van der Waals surface area (Å²) >= 11 is 0. The summed E-state index contributed by atoms with van der Waals surface area (Å²) in [5.41, 5.74) is 0.824. The third kappa shape index (κ3) is 2.45. The van der Waals surface area contributed by atoms with Gasteiger partial charge in [-0.2, -0.15) is 0 Å². The average Bonchev–Trinajstić information content (AvgIpc) is 2.66. The Bertz CT molecular complexity index is 560. The van der Waals surface area contributed by atoms with Crippen molar-refractivity contribution in [3.63, 3.8) is 0 Å². The summed E-state index contributed by atoms with van der Waals surface area (Å²) in [7, 11) is 0. The van der Waals surface area contributed by atoms with Crippen LogP contribution in [0.5, 0.6) is 0 Å².